The Morgan fingerprint density at radius 3 is 3.00 bits per heavy atom. The number of nitrogens with one attached hydrogen (secondary N) is 1. The molecule has 7 nitrogen and oxygen atoms in total. The van der Waals surface area contributed by atoms with Crippen LogP contribution in [0.25, 0.3) is 11.6 Å². The molecule has 0 aliphatic carbocycles. The fraction of sp³-hybridized carbons (Fsp3) is 0.571. The highest BCUT2D eigenvalue weighted by atomic mass is 16.5. The molecule has 3 heterocycles. The SMILES string of the molecule is CN(CCN1CCNCC1)Cc1nc(-c2ccco2)no1. The summed E-state index contributed by atoms with van der Waals surface area (Å²) in [5.74, 6) is 1.75. The predicted molar refractivity (Wildman–Crippen MR) is 77.6 cm³/mol. The molecule has 0 amide bonds. The lowest BCUT2D eigenvalue weighted by atomic mass is 10.3. The Balaban J connectivity index is 1.47. The third-order valence-corrected chi connectivity index (χ3v) is 3.62. The normalized spacial score (nSPS) is 16.7. The van der Waals surface area contributed by atoms with Crippen LogP contribution >= 0.6 is 0 Å². The first-order valence-corrected chi connectivity index (χ1v) is 7.29. The van der Waals surface area contributed by atoms with E-state index < -0.39 is 0 Å². The minimum absolute atomic E-state index is 0.505. The standard InChI is InChI=1S/C14H21N5O2/c1-18(8-9-19-6-4-15-5-7-19)11-13-16-14(17-21-13)12-3-2-10-20-12/h2-3,10,15H,4-9,11H2,1H3. The Kier molecular flexibility index (Phi) is 4.64. The lowest BCUT2D eigenvalue weighted by Crippen LogP contribution is -2.45. The van der Waals surface area contributed by atoms with Crippen molar-refractivity contribution in [3.63, 3.8) is 0 Å². The Labute approximate surface area is 123 Å². The maximum Gasteiger partial charge on any atom is 0.241 e. The molecule has 0 saturated carbocycles. The summed E-state index contributed by atoms with van der Waals surface area (Å²) in [5, 5.41) is 7.30. The number of piperazine rings is 1. The Morgan fingerprint density at radius 2 is 2.24 bits per heavy atom. The molecule has 3 rings (SSSR count). The van der Waals surface area contributed by atoms with Crippen LogP contribution in [0, 0.1) is 0 Å². The van der Waals surface area contributed by atoms with E-state index in [2.05, 4.69) is 32.3 Å². The summed E-state index contributed by atoms with van der Waals surface area (Å²) in [5.41, 5.74) is 0. The number of rotatable bonds is 6. The molecule has 21 heavy (non-hydrogen) atoms. The van der Waals surface area contributed by atoms with Crippen LogP contribution in [0.3, 0.4) is 0 Å². The Morgan fingerprint density at radius 1 is 1.38 bits per heavy atom. The van der Waals surface area contributed by atoms with E-state index in [0.29, 0.717) is 24.0 Å². The summed E-state index contributed by atoms with van der Waals surface area (Å²) >= 11 is 0. The molecule has 114 valence electrons. The van der Waals surface area contributed by atoms with Crippen molar-refractivity contribution in [2.24, 2.45) is 0 Å². The van der Waals surface area contributed by atoms with Crippen LogP contribution in [-0.2, 0) is 6.54 Å². The molecule has 1 N–H and O–H groups in total. The van der Waals surface area contributed by atoms with Crippen molar-refractivity contribution in [2.75, 3.05) is 46.3 Å². The van der Waals surface area contributed by atoms with Gasteiger partial charge in [0.15, 0.2) is 5.76 Å². The van der Waals surface area contributed by atoms with Crippen LogP contribution in [0.2, 0.25) is 0 Å². The molecule has 1 saturated heterocycles. The van der Waals surface area contributed by atoms with Gasteiger partial charge >= 0.3 is 0 Å². The van der Waals surface area contributed by atoms with Gasteiger partial charge in [0.1, 0.15) is 0 Å². The highest BCUT2D eigenvalue weighted by molar-refractivity contribution is 5.44. The van der Waals surface area contributed by atoms with Crippen LogP contribution in [0.15, 0.2) is 27.3 Å². The molecule has 0 atom stereocenters. The third-order valence-electron chi connectivity index (χ3n) is 3.62. The number of likely N-dealkylation sites (N-methyl/N-ethyl adjacent to an activating group) is 1. The number of furan rings is 1. The van der Waals surface area contributed by atoms with Gasteiger partial charge in [-0.1, -0.05) is 5.16 Å². The van der Waals surface area contributed by atoms with Gasteiger partial charge in [-0.2, -0.15) is 4.98 Å². The molecule has 2 aromatic heterocycles. The maximum absolute atomic E-state index is 5.26. The minimum Gasteiger partial charge on any atom is -0.461 e. The average Bonchev–Trinajstić information content (AvgIpc) is 3.17. The van der Waals surface area contributed by atoms with Crippen LogP contribution in [0.4, 0.5) is 0 Å². The molecule has 0 bridgehead atoms. The van der Waals surface area contributed by atoms with Crippen molar-refractivity contribution < 1.29 is 8.94 Å². The largest absolute Gasteiger partial charge is 0.461 e. The zero-order valence-corrected chi connectivity index (χ0v) is 12.3. The molecule has 0 aromatic carbocycles. The van der Waals surface area contributed by atoms with Gasteiger partial charge in [0, 0.05) is 39.3 Å². The van der Waals surface area contributed by atoms with E-state index in [1.807, 2.05) is 12.1 Å². The van der Waals surface area contributed by atoms with Gasteiger partial charge in [-0.15, -0.1) is 0 Å². The molecule has 2 aromatic rings. The highest BCUT2D eigenvalue weighted by Crippen LogP contribution is 2.16. The van der Waals surface area contributed by atoms with E-state index in [0.717, 1.165) is 39.3 Å². The van der Waals surface area contributed by atoms with E-state index >= 15 is 0 Å². The number of hydrogen-bond donors (Lipinski definition) is 1. The number of nitrogens with zero attached hydrogens (tertiary/aromatic N) is 4. The second-order valence-corrected chi connectivity index (χ2v) is 5.32. The Bertz CT molecular complexity index is 533. The van der Waals surface area contributed by atoms with E-state index in [1.165, 1.54) is 0 Å². The van der Waals surface area contributed by atoms with Crippen molar-refractivity contribution in [3.8, 4) is 11.6 Å². The molecule has 0 spiro atoms. The van der Waals surface area contributed by atoms with Crippen LogP contribution in [0.1, 0.15) is 5.89 Å². The zero-order valence-electron chi connectivity index (χ0n) is 12.3. The van der Waals surface area contributed by atoms with Gasteiger partial charge in [0.2, 0.25) is 11.7 Å². The predicted octanol–water partition coefficient (Wildman–Crippen LogP) is 0.667. The quantitative estimate of drug-likeness (QED) is 0.838. The van der Waals surface area contributed by atoms with Gasteiger partial charge in [0.25, 0.3) is 0 Å². The second kappa shape index (κ2) is 6.84. The summed E-state index contributed by atoms with van der Waals surface area (Å²) in [4.78, 5) is 9.01. The topological polar surface area (TPSA) is 70.6 Å². The van der Waals surface area contributed by atoms with Gasteiger partial charge in [-0.05, 0) is 19.2 Å². The van der Waals surface area contributed by atoms with Gasteiger partial charge in [0.05, 0.1) is 12.8 Å². The summed E-state index contributed by atoms with van der Waals surface area (Å²) in [6, 6.07) is 3.63. The fourth-order valence-electron chi connectivity index (χ4n) is 2.38. The monoisotopic (exact) mass is 291 g/mol. The first-order valence-electron chi connectivity index (χ1n) is 7.29. The van der Waals surface area contributed by atoms with E-state index in [9.17, 15) is 0 Å². The average molecular weight is 291 g/mol. The Hall–Kier alpha value is -1.70. The van der Waals surface area contributed by atoms with Crippen molar-refractivity contribution in [3.05, 3.63) is 24.3 Å². The molecule has 7 heteroatoms. The number of hydrogen-bond acceptors (Lipinski definition) is 7. The summed E-state index contributed by atoms with van der Waals surface area (Å²) in [6.45, 7) is 7.11. The van der Waals surface area contributed by atoms with Gasteiger partial charge in [-0.25, -0.2) is 0 Å². The summed E-state index contributed by atoms with van der Waals surface area (Å²) in [6.07, 6.45) is 1.60. The zero-order chi connectivity index (χ0) is 14.5. The first kappa shape index (κ1) is 14.2. The van der Waals surface area contributed by atoms with Gasteiger partial charge < -0.3 is 14.3 Å². The van der Waals surface area contributed by atoms with Crippen molar-refractivity contribution in [2.45, 2.75) is 6.54 Å². The summed E-state index contributed by atoms with van der Waals surface area (Å²) < 4.78 is 10.5. The molecule has 1 aliphatic rings. The van der Waals surface area contributed by atoms with E-state index in [1.54, 1.807) is 6.26 Å². The summed E-state index contributed by atoms with van der Waals surface area (Å²) in [7, 11) is 2.07. The smallest absolute Gasteiger partial charge is 0.241 e. The van der Waals surface area contributed by atoms with Crippen LogP contribution in [0.5, 0.6) is 0 Å². The minimum atomic E-state index is 0.505. The molecule has 1 aliphatic heterocycles. The molecule has 0 unspecified atom stereocenters. The highest BCUT2D eigenvalue weighted by Gasteiger charge is 2.14. The van der Waals surface area contributed by atoms with Crippen LogP contribution < -0.4 is 5.32 Å². The first-order chi connectivity index (χ1) is 10.3. The second-order valence-electron chi connectivity index (χ2n) is 5.32. The number of aromatic nitrogens is 2. The van der Waals surface area contributed by atoms with Crippen molar-refractivity contribution >= 4 is 0 Å². The molecular formula is C14H21N5O2. The lowest BCUT2D eigenvalue weighted by molar-refractivity contribution is 0.192. The van der Waals surface area contributed by atoms with Crippen molar-refractivity contribution in [1.29, 1.82) is 0 Å². The van der Waals surface area contributed by atoms with Gasteiger partial charge in [-0.3, -0.25) is 9.80 Å². The van der Waals surface area contributed by atoms with Crippen LogP contribution in [-0.4, -0.2) is 66.3 Å². The molecule has 0 radical (unpaired) electrons. The lowest BCUT2D eigenvalue weighted by Gasteiger charge is -2.28. The van der Waals surface area contributed by atoms with Crippen molar-refractivity contribution in [1.82, 2.24) is 25.3 Å². The van der Waals surface area contributed by atoms with E-state index in [4.69, 9.17) is 8.94 Å². The maximum atomic E-state index is 5.26. The molecular weight excluding hydrogens is 270 g/mol. The van der Waals surface area contributed by atoms with E-state index in [-0.39, 0.29) is 0 Å². The third kappa shape index (κ3) is 3.90. The molecule has 1 fully saturated rings. The fourth-order valence-corrected chi connectivity index (χ4v) is 2.38.